The monoisotopic (exact) mass is 331 g/mol. The van der Waals surface area contributed by atoms with E-state index in [1.807, 2.05) is 47.2 Å². The molecule has 0 saturated heterocycles. The maximum absolute atomic E-state index is 12.5. The average Bonchev–Trinajstić information content (AvgIpc) is 3.15. The van der Waals surface area contributed by atoms with Crippen LogP contribution in [-0.4, -0.2) is 17.0 Å². The quantitative estimate of drug-likeness (QED) is 0.745. The number of benzene rings is 1. The zero-order valence-corrected chi connectivity index (χ0v) is 13.1. The van der Waals surface area contributed by atoms with Crippen LogP contribution in [0.1, 0.15) is 27.7 Å². The van der Waals surface area contributed by atoms with E-state index in [1.54, 1.807) is 0 Å². The van der Waals surface area contributed by atoms with Crippen molar-refractivity contribution in [1.82, 2.24) is 5.32 Å². The molecule has 0 aliphatic heterocycles. The Morgan fingerprint density at radius 2 is 1.95 bits per heavy atom. The van der Waals surface area contributed by atoms with E-state index in [0.717, 1.165) is 15.0 Å². The molecule has 0 aliphatic rings. The summed E-state index contributed by atoms with van der Waals surface area (Å²) >= 11 is 2.95. The van der Waals surface area contributed by atoms with Crippen LogP contribution in [0.3, 0.4) is 0 Å². The van der Waals surface area contributed by atoms with Gasteiger partial charge in [0.1, 0.15) is 0 Å². The Morgan fingerprint density at radius 1 is 1.14 bits per heavy atom. The zero-order valence-electron chi connectivity index (χ0n) is 11.5. The Balaban J connectivity index is 1.86. The van der Waals surface area contributed by atoms with Gasteiger partial charge in [0.25, 0.3) is 5.91 Å². The van der Waals surface area contributed by atoms with Crippen LogP contribution < -0.4 is 5.32 Å². The standard InChI is InChI=1S/C16H13NO3S2/c18-15(19)8-12(14-6-3-7-21-14)17-16(20)11-9-22-13-5-2-1-4-10(11)13/h1-7,9,12H,8H2,(H,17,20)(H,18,19). The van der Waals surface area contributed by atoms with Crippen LogP contribution in [0.25, 0.3) is 10.1 Å². The molecule has 6 heteroatoms. The molecule has 0 bridgehead atoms. The fourth-order valence-electron chi connectivity index (χ4n) is 2.28. The number of carboxylic acid groups (broad SMARTS) is 1. The highest BCUT2D eigenvalue weighted by Crippen LogP contribution is 2.27. The second kappa shape index (κ2) is 6.29. The summed E-state index contributed by atoms with van der Waals surface area (Å²) in [6.45, 7) is 0. The summed E-state index contributed by atoms with van der Waals surface area (Å²) in [7, 11) is 0. The minimum absolute atomic E-state index is 0.131. The largest absolute Gasteiger partial charge is 0.481 e. The minimum Gasteiger partial charge on any atom is -0.481 e. The van der Waals surface area contributed by atoms with E-state index in [2.05, 4.69) is 5.32 Å². The first-order chi connectivity index (χ1) is 10.6. The zero-order chi connectivity index (χ0) is 15.5. The molecule has 2 N–H and O–H groups in total. The fourth-order valence-corrected chi connectivity index (χ4v) is 4.00. The SMILES string of the molecule is O=C(O)CC(NC(=O)c1csc2ccccc12)c1cccs1. The summed E-state index contributed by atoms with van der Waals surface area (Å²) in [6.07, 6.45) is -0.131. The predicted molar refractivity (Wildman–Crippen MR) is 88.6 cm³/mol. The molecule has 112 valence electrons. The molecule has 0 spiro atoms. The lowest BCUT2D eigenvalue weighted by Gasteiger charge is -2.15. The van der Waals surface area contributed by atoms with Gasteiger partial charge in [-0.1, -0.05) is 24.3 Å². The lowest BCUT2D eigenvalue weighted by molar-refractivity contribution is -0.137. The summed E-state index contributed by atoms with van der Waals surface area (Å²) in [5.74, 6) is -1.18. The van der Waals surface area contributed by atoms with E-state index in [0.29, 0.717) is 5.56 Å². The first-order valence-electron chi connectivity index (χ1n) is 6.67. The van der Waals surface area contributed by atoms with Crippen LogP contribution in [0.5, 0.6) is 0 Å². The molecule has 0 radical (unpaired) electrons. The van der Waals surface area contributed by atoms with Crippen molar-refractivity contribution in [2.45, 2.75) is 12.5 Å². The van der Waals surface area contributed by atoms with Gasteiger partial charge >= 0.3 is 5.97 Å². The van der Waals surface area contributed by atoms with Crippen molar-refractivity contribution in [3.63, 3.8) is 0 Å². The first-order valence-corrected chi connectivity index (χ1v) is 8.43. The highest BCUT2D eigenvalue weighted by molar-refractivity contribution is 7.17. The first kappa shape index (κ1) is 14.7. The highest BCUT2D eigenvalue weighted by Gasteiger charge is 2.21. The normalized spacial score (nSPS) is 12.2. The number of carboxylic acids is 1. The van der Waals surface area contributed by atoms with E-state index in [9.17, 15) is 9.59 Å². The molecule has 3 rings (SSSR count). The summed E-state index contributed by atoms with van der Waals surface area (Å²) in [5.41, 5.74) is 0.590. The number of amides is 1. The van der Waals surface area contributed by atoms with Gasteiger partial charge in [0.05, 0.1) is 18.0 Å². The Bertz CT molecular complexity index is 808. The van der Waals surface area contributed by atoms with Crippen LogP contribution in [0.4, 0.5) is 0 Å². The molecule has 0 fully saturated rings. The van der Waals surface area contributed by atoms with E-state index in [4.69, 9.17) is 5.11 Å². The number of nitrogens with one attached hydrogen (secondary N) is 1. The smallest absolute Gasteiger partial charge is 0.305 e. The van der Waals surface area contributed by atoms with Gasteiger partial charge in [-0.2, -0.15) is 0 Å². The van der Waals surface area contributed by atoms with E-state index in [1.165, 1.54) is 22.7 Å². The molecule has 2 heterocycles. The molecule has 4 nitrogen and oxygen atoms in total. The van der Waals surface area contributed by atoms with Crippen molar-refractivity contribution in [3.8, 4) is 0 Å². The second-order valence-electron chi connectivity index (χ2n) is 4.78. The summed E-state index contributed by atoms with van der Waals surface area (Å²) in [6, 6.07) is 10.9. The average molecular weight is 331 g/mol. The fraction of sp³-hybridized carbons (Fsp3) is 0.125. The van der Waals surface area contributed by atoms with Gasteiger partial charge in [-0.3, -0.25) is 9.59 Å². The Kier molecular flexibility index (Phi) is 4.22. The van der Waals surface area contributed by atoms with Crippen LogP contribution in [0.2, 0.25) is 0 Å². The number of hydrogen-bond acceptors (Lipinski definition) is 4. The number of carbonyl (C=O) groups is 2. The van der Waals surface area contributed by atoms with Crippen molar-refractivity contribution >= 4 is 44.6 Å². The van der Waals surface area contributed by atoms with Gasteiger partial charge in [0.2, 0.25) is 0 Å². The van der Waals surface area contributed by atoms with Crippen molar-refractivity contribution in [2.24, 2.45) is 0 Å². The third-order valence-electron chi connectivity index (χ3n) is 3.30. The van der Waals surface area contributed by atoms with Gasteiger partial charge in [0, 0.05) is 20.3 Å². The van der Waals surface area contributed by atoms with Crippen LogP contribution >= 0.6 is 22.7 Å². The van der Waals surface area contributed by atoms with Crippen molar-refractivity contribution in [3.05, 3.63) is 57.6 Å². The topological polar surface area (TPSA) is 66.4 Å². The number of fused-ring (bicyclic) bond motifs is 1. The number of carbonyl (C=O) groups excluding carboxylic acids is 1. The maximum atomic E-state index is 12.5. The number of thiophene rings is 2. The molecule has 0 saturated carbocycles. The van der Waals surface area contributed by atoms with Gasteiger partial charge in [-0.25, -0.2) is 0 Å². The Morgan fingerprint density at radius 3 is 2.68 bits per heavy atom. The third-order valence-corrected chi connectivity index (χ3v) is 5.25. The number of hydrogen-bond donors (Lipinski definition) is 2. The predicted octanol–water partition coefficient (Wildman–Crippen LogP) is 3.91. The van der Waals surface area contributed by atoms with E-state index in [-0.39, 0.29) is 12.3 Å². The molecule has 1 atom stereocenters. The second-order valence-corrected chi connectivity index (χ2v) is 6.68. The van der Waals surface area contributed by atoms with Crippen LogP contribution in [0.15, 0.2) is 47.2 Å². The lowest BCUT2D eigenvalue weighted by atomic mass is 10.1. The third kappa shape index (κ3) is 3.03. The summed E-state index contributed by atoms with van der Waals surface area (Å²) < 4.78 is 1.04. The number of aliphatic carboxylic acids is 1. The van der Waals surface area contributed by atoms with Crippen LogP contribution in [-0.2, 0) is 4.79 Å². The minimum atomic E-state index is -0.936. The molecule has 1 amide bonds. The number of rotatable bonds is 5. The Hall–Kier alpha value is -2.18. The van der Waals surface area contributed by atoms with Gasteiger partial charge < -0.3 is 10.4 Å². The van der Waals surface area contributed by atoms with Crippen molar-refractivity contribution < 1.29 is 14.7 Å². The molecule has 3 aromatic rings. The van der Waals surface area contributed by atoms with E-state index >= 15 is 0 Å². The van der Waals surface area contributed by atoms with Crippen molar-refractivity contribution in [2.75, 3.05) is 0 Å². The maximum Gasteiger partial charge on any atom is 0.305 e. The molecular formula is C16H13NO3S2. The molecule has 0 aliphatic carbocycles. The van der Waals surface area contributed by atoms with E-state index < -0.39 is 12.0 Å². The summed E-state index contributed by atoms with van der Waals surface area (Å²) in [5, 5.41) is 16.5. The lowest BCUT2D eigenvalue weighted by Crippen LogP contribution is -2.29. The molecular weight excluding hydrogens is 318 g/mol. The van der Waals surface area contributed by atoms with Crippen molar-refractivity contribution in [1.29, 1.82) is 0 Å². The van der Waals surface area contributed by atoms with Gasteiger partial charge in [-0.15, -0.1) is 22.7 Å². The highest BCUT2D eigenvalue weighted by atomic mass is 32.1. The van der Waals surface area contributed by atoms with Crippen LogP contribution in [0, 0.1) is 0 Å². The molecule has 1 unspecified atom stereocenters. The summed E-state index contributed by atoms with van der Waals surface area (Å²) in [4.78, 5) is 24.4. The van der Waals surface area contributed by atoms with Gasteiger partial charge in [0.15, 0.2) is 0 Å². The molecule has 22 heavy (non-hydrogen) atoms. The molecule has 2 aromatic heterocycles. The molecule has 1 aromatic carbocycles. The van der Waals surface area contributed by atoms with Gasteiger partial charge in [-0.05, 0) is 17.5 Å². The Labute approximate surface area is 135 Å².